The number of hydrogen-bond acceptors (Lipinski definition) is 4. The summed E-state index contributed by atoms with van der Waals surface area (Å²) in [6, 6.07) is 0. The van der Waals surface area contributed by atoms with Gasteiger partial charge in [0, 0.05) is 18.7 Å². The van der Waals surface area contributed by atoms with Gasteiger partial charge in [0.25, 0.3) is 0 Å². The van der Waals surface area contributed by atoms with E-state index in [1.165, 1.54) is 37.5 Å². The summed E-state index contributed by atoms with van der Waals surface area (Å²) in [6.45, 7) is 4.60. The van der Waals surface area contributed by atoms with E-state index in [9.17, 15) is 9.59 Å². The summed E-state index contributed by atoms with van der Waals surface area (Å²) < 4.78 is 4.51. The highest BCUT2D eigenvalue weighted by atomic mass is 35.5. The highest BCUT2D eigenvalue weighted by Gasteiger charge is 2.08. The molecule has 0 bridgehead atoms. The van der Waals surface area contributed by atoms with Gasteiger partial charge < -0.3 is 4.74 Å². The molecule has 1 saturated heterocycles. The monoisotopic (exact) mass is 309 g/mol. The van der Waals surface area contributed by atoms with Crippen molar-refractivity contribution >= 4 is 36.8 Å². The zero-order valence-electron chi connectivity index (χ0n) is 11.0. The molecule has 0 amide bonds. The molecule has 1 heterocycles. The van der Waals surface area contributed by atoms with E-state index >= 15 is 0 Å². The van der Waals surface area contributed by atoms with Crippen LogP contribution in [0.3, 0.4) is 0 Å². The van der Waals surface area contributed by atoms with Crippen molar-refractivity contribution in [3.05, 3.63) is 24.3 Å². The molecule has 1 rings (SSSR count). The molecule has 0 saturated carbocycles. The Bertz CT molecular complexity index is 324. The SMILES string of the molecule is CC=CC(=O)OC(=O)C=CCN1CCCCC1.Cl.Cl. The molecule has 1 aliphatic heterocycles. The summed E-state index contributed by atoms with van der Waals surface area (Å²) in [5, 5.41) is 0. The molecule has 0 aromatic rings. The van der Waals surface area contributed by atoms with Crippen molar-refractivity contribution in [3.8, 4) is 0 Å². The van der Waals surface area contributed by atoms with Gasteiger partial charge in [-0.1, -0.05) is 18.6 Å². The molecule has 0 atom stereocenters. The van der Waals surface area contributed by atoms with Gasteiger partial charge in [0.2, 0.25) is 0 Å². The molecule has 1 aliphatic rings. The van der Waals surface area contributed by atoms with Gasteiger partial charge in [0.15, 0.2) is 0 Å². The van der Waals surface area contributed by atoms with Crippen LogP contribution in [0.4, 0.5) is 0 Å². The van der Waals surface area contributed by atoms with Crippen molar-refractivity contribution in [2.24, 2.45) is 0 Å². The van der Waals surface area contributed by atoms with E-state index in [2.05, 4.69) is 9.64 Å². The second kappa shape index (κ2) is 12.2. The predicted octanol–water partition coefficient (Wildman–Crippen LogP) is 2.52. The second-order valence-corrected chi connectivity index (χ2v) is 4.00. The van der Waals surface area contributed by atoms with Crippen LogP contribution in [-0.2, 0) is 14.3 Å². The third kappa shape index (κ3) is 9.70. The summed E-state index contributed by atoms with van der Waals surface area (Å²) in [5.41, 5.74) is 0. The third-order valence-electron chi connectivity index (χ3n) is 2.57. The third-order valence-corrected chi connectivity index (χ3v) is 2.57. The van der Waals surface area contributed by atoms with Crippen LogP contribution in [0.2, 0.25) is 0 Å². The molecule has 1 fully saturated rings. The van der Waals surface area contributed by atoms with E-state index in [0.29, 0.717) is 0 Å². The number of esters is 2. The molecule has 0 aliphatic carbocycles. The standard InChI is InChI=1S/C13H19NO3.2ClH/c1-2-7-12(15)17-13(16)8-6-11-14-9-4-3-5-10-14;;/h2,6-8H,3-5,9-11H2,1H3;2*1H. The van der Waals surface area contributed by atoms with Crippen LogP contribution in [-0.4, -0.2) is 36.5 Å². The fourth-order valence-corrected chi connectivity index (χ4v) is 1.74. The normalized spacial score (nSPS) is 15.8. The van der Waals surface area contributed by atoms with Crippen molar-refractivity contribution in [2.45, 2.75) is 26.2 Å². The fraction of sp³-hybridized carbons (Fsp3) is 0.538. The van der Waals surface area contributed by atoms with Crippen LogP contribution >= 0.6 is 24.8 Å². The molecule has 0 N–H and O–H groups in total. The molecular formula is C13H21Cl2NO3. The molecule has 0 spiro atoms. The Morgan fingerprint density at radius 1 is 1.05 bits per heavy atom. The highest BCUT2D eigenvalue weighted by molar-refractivity contribution is 5.96. The maximum absolute atomic E-state index is 11.2. The Kier molecular flexibility index (Phi) is 13.2. The zero-order valence-corrected chi connectivity index (χ0v) is 12.7. The van der Waals surface area contributed by atoms with Gasteiger partial charge in [-0.3, -0.25) is 4.90 Å². The van der Waals surface area contributed by atoms with Gasteiger partial charge in [-0.25, -0.2) is 9.59 Å². The van der Waals surface area contributed by atoms with Crippen LogP contribution in [0.15, 0.2) is 24.3 Å². The molecule has 0 aromatic carbocycles. The first-order valence-electron chi connectivity index (χ1n) is 5.99. The molecule has 0 radical (unpaired) electrons. The van der Waals surface area contributed by atoms with Crippen LogP contribution in [0.25, 0.3) is 0 Å². The number of hydrogen-bond donors (Lipinski definition) is 0. The number of ether oxygens (including phenoxy) is 1. The van der Waals surface area contributed by atoms with Gasteiger partial charge in [0.05, 0.1) is 0 Å². The number of allylic oxidation sites excluding steroid dienone is 1. The molecule has 19 heavy (non-hydrogen) atoms. The minimum absolute atomic E-state index is 0. The Morgan fingerprint density at radius 3 is 2.21 bits per heavy atom. The molecule has 4 nitrogen and oxygen atoms in total. The molecule has 110 valence electrons. The first-order valence-corrected chi connectivity index (χ1v) is 5.99. The van der Waals surface area contributed by atoms with E-state index in [1.54, 1.807) is 13.0 Å². The quantitative estimate of drug-likeness (QED) is 0.455. The van der Waals surface area contributed by atoms with Crippen molar-refractivity contribution in [1.29, 1.82) is 0 Å². The predicted molar refractivity (Wildman–Crippen MR) is 79.8 cm³/mol. The number of carbonyl (C=O) groups is 2. The lowest BCUT2D eigenvalue weighted by Crippen LogP contribution is -2.29. The number of nitrogens with zero attached hydrogens (tertiary/aromatic N) is 1. The summed E-state index contributed by atoms with van der Waals surface area (Å²) >= 11 is 0. The minimum atomic E-state index is -0.625. The van der Waals surface area contributed by atoms with Crippen molar-refractivity contribution in [1.82, 2.24) is 4.90 Å². The van der Waals surface area contributed by atoms with E-state index < -0.39 is 11.9 Å². The van der Waals surface area contributed by atoms with Gasteiger partial charge in [-0.05, 0) is 32.9 Å². The molecular weight excluding hydrogens is 289 g/mol. The van der Waals surface area contributed by atoms with Crippen molar-refractivity contribution in [3.63, 3.8) is 0 Å². The lowest BCUT2D eigenvalue weighted by molar-refractivity contribution is -0.152. The summed E-state index contributed by atoms with van der Waals surface area (Å²) in [5.74, 6) is -1.23. The first-order chi connectivity index (χ1) is 8.22. The van der Waals surface area contributed by atoms with Crippen LogP contribution in [0.5, 0.6) is 0 Å². The fourth-order valence-electron chi connectivity index (χ4n) is 1.74. The average Bonchev–Trinajstić information content (AvgIpc) is 2.30. The lowest BCUT2D eigenvalue weighted by atomic mass is 10.1. The zero-order chi connectivity index (χ0) is 12.5. The van der Waals surface area contributed by atoms with Gasteiger partial charge >= 0.3 is 11.9 Å². The summed E-state index contributed by atoms with van der Waals surface area (Å²) in [4.78, 5) is 24.4. The Morgan fingerprint density at radius 2 is 1.63 bits per heavy atom. The smallest absolute Gasteiger partial charge is 0.338 e. The van der Waals surface area contributed by atoms with E-state index in [4.69, 9.17) is 0 Å². The maximum Gasteiger partial charge on any atom is 0.338 e. The maximum atomic E-state index is 11.2. The Hall–Kier alpha value is -0.840. The molecule has 0 aromatic heterocycles. The van der Waals surface area contributed by atoms with E-state index in [1.807, 2.05) is 0 Å². The van der Waals surface area contributed by atoms with E-state index in [-0.39, 0.29) is 24.8 Å². The van der Waals surface area contributed by atoms with Gasteiger partial charge in [-0.15, -0.1) is 24.8 Å². The second-order valence-electron chi connectivity index (χ2n) is 4.00. The Labute approximate surface area is 126 Å². The number of likely N-dealkylation sites (tertiary alicyclic amines) is 1. The lowest BCUT2D eigenvalue weighted by Gasteiger charge is -2.24. The van der Waals surface area contributed by atoms with Crippen molar-refractivity contribution in [2.75, 3.05) is 19.6 Å². The highest BCUT2D eigenvalue weighted by Crippen LogP contribution is 2.07. The van der Waals surface area contributed by atoms with Crippen LogP contribution in [0.1, 0.15) is 26.2 Å². The van der Waals surface area contributed by atoms with Crippen molar-refractivity contribution < 1.29 is 14.3 Å². The molecule has 6 heteroatoms. The first kappa shape index (κ1) is 20.5. The number of piperidine rings is 1. The largest absolute Gasteiger partial charge is 0.387 e. The minimum Gasteiger partial charge on any atom is -0.387 e. The topological polar surface area (TPSA) is 46.6 Å². The van der Waals surface area contributed by atoms with Gasteiger partial charge in [-0.2, -0.15) is 0 Å². The summed E-state index contributed by atoms with van der Waals surface area (Å²) in [6.07, 6.45) is 9.55. The summed E-state index contributed by atoms with van der Waals surface area (Å²) in [7, 11) is 0. The number of halogens is 2. The van der Waals surface area contributed by atoms with E-state index in [0.717, 1.165) is 19.6 Å². The van der Waals surface area contributed by atoms with Crippen LogP contribution < -0.4 is 0 Å². The Balaban J connectivity index is 0. The number of carbonyl (C=O) groups excluding carboxylic acids is 2. The van der Waals surface area contributed by atoms with Crippen LogP contribution in [0, 0.1) is 0 Å². The average molecular weight is 310 g/mol. The number of rotatable bonds is 4. The molecule has 0 unspecified atom stereocenters. The van der Waals surface area contributed by atoms with Gasteiger partial charge in [0.1, 0.15) is 0 Å².